The average Bonchev–Trinajstić information content (AvgIpc) is 2.69. The molecule has 0 aliphatic carbocycles. The van der Waals surface area contributed by atoms with Gasteiger partial charge in [0.05, 0.1) is 12.0 Å². The van der Waals surface area contributed by atoms with Gasteiger partial charge in [0, 0.05) is 25.9 Å². The molecule has 4 rings (SSSR count). The van der Waals surface area contributed by atoms with Crippen molar-refractivity contribution in [2.45, 2.75) is 37.9 Å². The number of ketones is 1. The highest BCUT2D eigenvalue weighted by atomic mass is 16.5. The first-order valence-electron chi connectivity index (χ1n) is 9.38. The number of carbonyl (C=O) groups excluding carboxylic acids is 2. The number of piperidine rings is 1. The molecule has 5 nitrogen and oxygen atoms in total. The van der Waals surface area contributed by atoms with Crippen LogP contribution in [0.1, 0.15) is 36.5 Å². The number of hydrogen-bond acceptors (Lipinski definition) is 4. The number of Topliss-reactive ketones (excluding diaryl/α,β-unsaturated/α-hetero) is 1. The number of carbonyl (C=O) groups is 2. The molecule has 27 heavy (non-hydrogen) atoms. The minimum absolute atomic E-state index is 0.0313. The molecule has 0 unspecified atom stereocenters. The van der Waals surface area contributed by atoms with Crippen molar-refractivity contribution in [1.82, 2.24) is 4.90 Å². The Morgan fingerprint density at radius 1 is 1.07 bits per heavy atom. The monoisotopic (exact) mass is 365 g/mol. The Kier molecular flexibility index (Phi) is 4.60. The van der Waals surface area contributed by atoms with Crippen molar-refractivity contribution in [2.75, 3.05) is 13.1 Å². The number of hydrogen-bond donors (Lipinski definition) is 0. The van der Waals surface area contributed by atoms with Crippen molar-refractivity contribution < 1.29 is 19.1 Å². The van der Waals surface area contributed by atoms with Crippen molar-refractivity contribution >= 4 is 11.7 Å². The number of likely N-dealkylation sites (tertiary alicyclic amines) is 1. The van der Waals surface area contributed by atoms with Crippen LogP contribution in [0.5, 0.6) is 11.5 Å². The first-order chi connectivity index (χ1) is 13.1. The lowest BCUT2D eigenvalue weighted by atomic mass is 9.82. The third-order valence-electron chi connectivity index (χ3n) is 5.39. The maximum Gasteiger partial charge on any atom is 0.263 e. The smallest absolute Gasteiger partial charge is 0.263 e. The number of nitrogens with zero attached hydrogens (tertiary/aromatic N) is 1. The lowest BCUT2D eigenvalue weighted by Gasteiger charge is -2.44. The molecule has 0 saturated carbocycles. The van der Waals surface area contributed by atoms with Gasteiger partial charge >= 0.3 is 0 Å². The number of fused-ring (bicyclic) bond motifs is 1. The van der Waals surface area contributed by atoms with Gasteiger partial charge in [0.25, 0.3) is 5.91 Å². The van der Waals surface area contributed by atoms with E-state index in [4.69, 9.17) is 9.47 Å². The van der Waals surface area contributed by atoms with Crippen LogP contribution in [-0.2, 0) is 4.79 Å². The third-order valence-corrected chi connectivity index (χ3v) is 5.39. The second-order valence-corrected chi connectivity index (χ2v) is 7.28. The molecule has 1 saturated heterocycles. The van der Waals surface area contributed by atoms with Gasteiger partial charge in [-0.2, -0.15) is 0 Å². The summed E-state index contributed by atoms with van der Waals surface area (Å²) in [5.41, 5.74) is 0.165. The fourth-order valence-corrected chi connectivity index (χ4v) is 3.87. The van der Waals surface area contributed by atoms with Gasteiger partial charge in [-0.05, 0) is 31.2 Å². The number of amides is 1. The van der Waals surface area contributed by atoms with Crippen molar-refractivity contribution in [2.24, 2.45) is 0 Å². The molecular formula is C22H23NO4. The number of ether oxygens (including phenoxy) is 2. The average molecular weight is 365 g/mol. The summed E-state index contributed by atoms with van der Waals surface area (Å²) in [5, 5.41) is 0. The zero-order valence-corrected chi connectivity index (χ0v) is 15.4. The SMILES string of the molecule is C[C@H](Oc1ccccc1)C(=O)N1CCC2(CC1)CC(=O)c1ccccc1O2. The molecule has 1 fully saturated rings. The first kappa shape index (κ1) is 17.6. The fourth-order valence-electron chi connectivity index (χ4n) is 3.87. The van der Waals surface area contributed by atoms with Crippen LogP contribution in [0.4, 0.5) is 0 Å². The zero-order valence-electron chi connectivity index (χ0n) is 15.4. The molecule has 1 spiro atoms. The summed E-state index contributed by atoms with van der Waals surface area (Å²) < 4.78 is 12.0. The Bertz CT molecular complexity index is 840. The molecule has 2 aliphatic heterocycles. The molecule has 1 atom stereocenters. The Morgan fingerprint density at radius 3 is 2.48 bits per heavy atom. The Morgan fingerprint density at radius 2 is 1.74 bits per heavy atom. The van der Waals surface area contributed by atoms with Crippen molar-refractivity contribution in [3.63, 3.8) is 0 Å². The molecular weight excluding hydrogens is 342 g/mol. The Labute approximate surface area is 158 Å². The molecule has 0 N–H and O–H groups in total. The van der Waals surface area contributed by atoms with Gasteiger partial charge in [0.15, 0.2) is 11.9 Å². The fraction of sp³-hybridized carbons (Fsp3) is 0.364. The lowest BCUT2D eigenvalue weighted by molar-refractivity contribution is -0.141. The Balaban J connectivity index is 1.39. The van der Waals surface area contributed by atoms with Crippen molar-refractivity contribution in [3.05, 3.63) is 60.2 Å². The van der Waals surface area contributed by atoms with Gasteiger partial charge in [-0.3, -0.25) is 9.59 Å². The van der Waals surface area contributed by atoms with E-state index in [2.05, 4.69) is 0 Å². The van der Waals surface area contributed by atoms with Crippen LogP contribution < -0.4 is 9.47 Å². The topological polar surface area (TPSA) is 55.8 Å². The maximum atomic E-state index is 12.7. The van der Waals surface area contributed by atoms with Crippen LogP contribution in [0.25, 0.3) is 0 Å². The highest BCUT2D eigenvalue weighted by Gasteiger charge is 2.44. The van der Waals surface area contributed by atoms with Gasteiger partial charge in [-0.25, -0.2) is 0 Å². The number of benzene rings is 2. The van der Waals surface area contributed by atoms with Gasteiger partial charge in [-0.1, -0.05) is 30.3 Å². The largest absolute Gasteiger partial charge is 0.486 e. The van der Waals surface area contributed by atoms with E-state index in [0.717, 1.165) is 0 Å². The zero-order chi connectivity index (χ0) is 18.9. The van der Waals surface area contributed by atoms with E-state index in [-0.39, 0.29) is 11.7 Å². The van der Waals surface area contributed by atoms with Crippen LogP contribution in [0.3, 0.4) is 0 Å². The Hall–Kier alpha value is -2.82. The molecule has 140 valence electrons. The van der Waals surface area contributed by atoms with E-state index in [1.165, 1.54) is 0 Å². The summed E-state index contributed by atoms with van der Waals surface area (Å²) in [6.45, 7) is 2.91. The lowest BCUT2D eigenvalue weighted by Crippen LogP contribution is -2.54. The summed E-state index contributed by atoms with van der Waals surface area (Å²) in [5.74, 6) is 1.44. The van der Waals surface area contributed by atoms with E-state index in [1.54, 1.807) is 6.92 Å². The molecule has 2 aromatic rings. The minimum atomic E-state index is -0.545. The van der Waals surface area contributed by atoms with Gasteiger partial charge < -0.3 is 14.4 Å². The number of para-hydroxylation sites is 2. The molecule has 0 radical (unpaired) electrons. The van der Waals surface area contributed by atoms with Gasteiger partial charge in [0.1, 0.15) is 17.1 Å². The summed E-state index contributed by atoms with van der Waals surface area (Å²) in [4.78, 5) is 27.0. The quantitative estimate of drug-likeness (QED) is 0.836. The molecule has 2 heterocycles. The first-order valence-corrected chi connectivity index (χ1v) is 9.38. The third kappa shape index (κ3) is 3.54. The molecule has 0 bridgehead atoms. The van der Waals surface area contributed by atoms with Crippen LogP contribution in [0, 0.1) is 0 Å². The highest BCUT2D eigenvalue weighted by molar-refractivity contribution is 6.00. The predicted molar refractivity (Wildman–Crippen MR) is 101 cm³/mol. The molecule has 2 aromatic carbocycles. The summed E-state index contributed by atoms with van der Waals surface area (Å²) in [6.07, 6.45) is 1.13. The van der Waals surface area contributed by atoms with Crippen LogP contribution in [0.2, 0.25) is 0 Å². The second kappa shape index (κ2) is 7.06. The summed E-state index contributed by atoms with van der Waals surface area (Å²) >= 11 is 0. The minimum Gasteiger partial charge on any atom is -0.486 e. The molecule has 5 heteroatoms. The molecule has 2 aliphatic rings. The van der Waals surface area contributed by atoms with Crippen LogP contribution >= 0.6 is 0 Å². The predicted octanol–water partition coefficient (Wildman–Crippen LogP) is 3.48. The van der Waals surface area contributed by atoms with E-state index in [9.17, 15) is 9.59 Å². The standard InChI is InChI=1S/C22H23NO4/c1-16(26-17-7-3-2-4-8-17)21(25)23-13-11-22(12-14-23)15-19(24)18-9-5-6-10-20(18)27-22/h2-10,16H,11-15H2,1H3/t16-/m0/s1. The second-order valence-electron chi connectivity index (χ2n) is 7.28. The summed E-state index contributed by atoms with van der Waals surface area (Å²) in [6, 6.07) is 16.8. The summed E-state index contributed by atoms with van der Waals surface area (Å²) in [7, 11) is 0. The van der Waals surface area contributed by atoms with E-state index >= 15 is 0 Å². The van der Waals surface area contributed by atoms with Crippen LogP contribution in [-0.4, -0.2) is 41.4 Å². The van der Waals surface area contributed by atoms with Gasteiger partial charge in [0.2, 0.25) is 0 Å². The van der Waals surface area contributed by atoms with Crippen molar-refractivity contribution in [3.8, 4) is 11.5 Å². The van der Waals surface area contributed by atoms with Gasteiger partial charge in [-0.15, -0.1) is 0 Å². The van der Waals surface area contributed by atoms with E-state index in [0.29, 0.717) is 49.4 Å². The molecule has 1 amide bonds. The highest BCUT2D eigenvalue weighted by Crippen LogP contribution is 2.39. The van der Waals surface area contributed by atoms with E-state index in [1.807, 2.05) is 59.5 Å². The van der Waals surface area contributed by atoms with Crippen molar-refractivity contribution in [1.29, 1.82) is 0 Å². The van der Waals surface area contributed by atoms with E-state index < -0.39 is 11.7 Å². The van der Waals surface area contributed by atoms with Crippen LogP contribution in [0.15, 0.2) is 54.6 Å². The normalized spacial score (nSPS) is 19.1. The maximum absolute atomic E-state index is 12.7. The molecule has 0 aromatic heterocycles. The number of rotatable bonds is 3.